The number of alkyl halides is 3. The van der Waals surface area contributed by atoms with Crippen LogP contribution in [0, 0.1) is 5.92 Å². The minimum absolute atomic E-state index is 0.0785. The molecule has 0 unspecified atom stereocenters. The molecule has 2 heterocycles. The zero-order valence-corrected chi connectivity index (χ0v) is 18.8. The number of hydrogen-bond acceptors (Lipinski definition) is 6. The van der Waals surface area contributed by atoms with E-state index in [-0.39, 0.29) is 29.8 Å². The Morgan fingerprint density at radius 2 is 1.97 bits per heavy atom. The van der Waals surface area contributed by atoms with Crippen LogP contribution >= 0.6 is 11.8 Å². The van der Waals surface area contributed by atoms with Crippen molar-refractivity contribution >= 4 is 33.4 Å². The minimum atomic E-state index is -4.92. The Hall–Kier alpha value is -2.31. The van der Waals surface area contributed by atoms with Crippen LogP contribution in [0.25, 0.3) is 0 Å². The van der Waals surface area contributed by atoms with Crippen LogP contribution in [0.5, 0.6) is 5.75 Å². The Morgan fingerprint density at radius 1 is 1.25 bits per heavy atom. The van der Waals surface area contributed by atoms with Crippen LogP contribution in [0.4, 0.5) is 18.9 Å². The van der Waals surface area contributed by atoms with E-state index in [1.54, 1.807) is 24.0 Å². The second kappa shape index (κ2) is 10.1. The van der Waals surface area contributed by atoms with Gasteiger partial charge in [-0.3, -0.25) is 4.79 Å². The van der Waals surface area contributed by atoms with Crippen molar-refractivity contribution < 1.29 is 31.1 Å². The molecule has 0 spiro atoms. The van der Waals surface area contributed by atoms with E-state index < -0.39 is 22.1 Å². The highest BCUT2D eigenvalue weighted by Crippen LogP contribution is 2.29. The number of sulfonamides is 1. The number of nitrogens with one attached hydrogen (secondary N) is 1. The van der Waals surface area contributed by atoms with Crippen LogP contribution in [-0.2, 0) is 14.8 Å². The lowest BCUT2D eigenvalue weighted by Crippen LogP contribution is -2.41. The van der Waals surface area contributed by atoms with E-state index in [9.17, 15) is 26.4 Å². The summed E-state index contributed by atoms with van der Waals surface area (Å²) in [5.74, 6) is -0.323. The molecular weight excluding hydrogens is 467 g/mol. The van der Waals surface area contributed by atoms with Gasteiger partial charge in [0.1, 0.15) is 5.75 Å². The molecule has 12 heteroatoms. The number of benzene rings is 1. The third kappa shape index (κ3) is 6.36. The van der Waals surface area contributed by atoms with Gasteiger partial charge >= 0.3 is 6.36 Å². The predicted octanol–water partition coefficient (Wildman–Crippen LogP) is 4.13. The first-order valence-corrected chi connectivity index (χ1v) is 12.3. The Balaban J connectivity index is 1.59. The van der Waals surface area contributed by atoms with Crippen LogP contribution in [-0.4, -0.2) is 48.8 Å². The number of anilines is 1. The summed E-state index contributed by atoms with van der Waals surface area (Å²) < 4.78 is 67.9. The summed E-state index contributed by atoms with van der Waals surface area (Å²) >= 11 is 1.59. The zero-order chi connectivity index (χ0) is 23.4. The van der Waals surface area contributed by atoms with E-state index in [2.05, 4.69) is 15.0 Å². The SMILES string of the molecule is CCSc1ccc(NC(=O)C2CCN(S(=O)(=O)c3cccc(OC(F)(F)F)c3)CC2)cn1. The molecule has 32 heavy (non-hydrogen) atoms. The lowest BCUT2D eigenvalue weighted by atomic mass is 9.97. The fraction of sp³-hybridized carbons (Fsp3) is 0.400. The second-order valence-electron chi connectivity index (χ2n) is 7.01. The molecule has 1 saturated heterocycles. The third-order valence-electron chi connectivity index (χ3n) is 4.80. The van der Waals surface area contributed by atoms with Crippen molar-refractivity contribution in [1.29, 1.82) is 0 Å². The number of hydrogen-bond donors (Lipinski definition) is 1. The van der Waals surface area contributed by atoms with Gasteiger partial charge in [-0.25, -0.2) is 13.4 Å². The van der Waals surface area contributed by atoms with Crippen LogP contribution < -0.4 is 10.1 Å². The minimum Gasteiger partial charge on any atom is -0.406 e. The summed E-state index contributed by atoms with van der Waals surface area (Å²) in [4.78, 5) is 16.5. The van der Waals surface area contributed by atoms with Crippen LogP contribution in [0.2, 0.25) is 0 Å². The van der Waals surface area contributed by atoms with Gasteiger partial charge in [-0.15, -0.1) is 24.9 Å². The Kier molecular flexibility index (Phi) is 7.67. The first-order chi connectivity index (χ1) is 15.1. The lowest BCUT2D eigenvalue weighted by molar-refractivity contribution is -0.274. The van der Waals surface area contributed by atoms with Crippen molar-refractivity contribution in [3.8, 4) is 5.75 Å². The Labute approximate surface area is 188 Å². The number of rotatable bonds is 7. The molecule has 2 aromatic rings. The highest BCUT2D eigenvalue weighted by molar-refractivity contribution is 7.99. The average Bonchev–Trinajstić information content (AvgIpc) is 2.74. The van der Waals surface area contributed by atoms with Crippen LogP contribution in [0.1, 0.15) is 19.8 Å². The van der Waals surface area contributed by atoms with Crippen molar-refractivity contribution in [2.45, 2.75) is 36.0 Å². The molecule has 1 N–H and O–H groups in total. The Bertz CT molecular complexity index is 1040. The largest absolute Gasteiger partial charge is 0.573 e. The molecule has 1 aromatic heterocycles. The molecule has 7 nitrogen and oxygen atoms in total. The van der Waals surface area contributed by atoms with Gasteiger partial charge in [0.25, 0.3) is 0 Å². The number of amides is 1. The molecular formula is C20H22F3N3O4S2. The molecule has 0 saturated carbocycles. The van der Waals surface area contributed by atoms with E-state index in [0.717, 1.165) is 22.9 Å². The fourth-order valence-electron chi connectivity index (χ4n) is 3.27. The number of halogens is 3. The maximum absolute atomic E-state index is 12.8. The molecule has 0 atom stereocenters. The van der Waals surface area contributed by atoms with Crippen molar-refractivity contribution in [2.24, 2.45) is 5.92 Å². The molecule has 1 aromatic carbocycles. The maximum atomic E-state index is 12.8. The summed E-state index contributed by atoms with van der Waals surface area (Å²) in [6.07, 6.45) is -2.76. The van der Waals surface area contributed by atoms with Gasteiger partial charge in [0.05, 0.1) is 21.8 Å². The van der Waals surface area contributed by atoms with Gasteiger partial charge in [-0.2, -0.15) is 4.31 Å². The van der Waals surface area contributed by atoms with E-state index >= 15 is 0 Å². The first kappa shape index (κ1) is 24.3. The molecule has 3 rings (SSSR count). The second-order valence-corrected chi connectivity index (χ2v) is 10.2. The van der Waals surface area contributed by atoms with Gasteiger partial charge in [-0.05, 0) is 42.9 Å². The zero-order valence-electron chi connectivity index (χ0n) is 17.1. The number of thioether (sulfide) groups is 1. The van der Waals surface area contributed by atoms with Crippen LogP contribution in [0.3, 0.4) is 0 Å². The number of nitrogens with zero attached hydrogens (tertiary/aromatic N) is 2. The lowest BCUT2D eigenvalue weighted by Gasteiger charge is -2.30. The number of aromatic nitrogens is 1. The van der Waals surface area contributed by atoms with Crippen LogP contribution in [0.15, 0.2) is 52.5 Å². The summed E-state index contributed by atoms with van der Waals surface area (Å²) in [7, 11) is -4.02. The van der Waals surface area contributed by atoms with Crippen molar-refractivity contribution in [3.63, 3.8) is 0 Å². The highest BCUT2D eigenvalue weighted by Gasteiger charge is 2.34. The number of piperidine rings is 1. The normalized spacial score (nSPS) is 16.0. The molecule has 0 radical (unpaired) electrons. The molecule has 1 fully saturated rings. The summed E-state index contributed by atoms with van der Waals surface area (Å²) in [5.41, 5.74) is 0.562. The number of pyridine rings is 1. The quantitative estimate of drug-likeness (QED) is 0.589. The smallest absolute Gasteiger partial charge is 0.406 e. The molecule has 1 aliphatic heterocycles. The molecule has 1 amide bonds. The standard InChI is InChI=1S/C20H22F3N3O4S2/c1-2-31-18-7-6-15(13-24-18)25-19(27)14-8-10-26(11-9-14)32(28,29)17-5-3-4-16(12-17)30-20(21,22)23/h3-7,12-14H,2,8-11H2,1H3,(H,25,27). The monoisotopic (exact) mass is 489 g/mol. The third-order valence-corrected chi connectivity index (χ3v) is 7.52. The molecule has 174 valence electrons. The topological polar surface area (TPSA) is 88.6 Å². The number of carbonyl (C=O) groups excluding carboxylic acids is 1. The average molecular weight is 490 g/mol. The summed E-state index contributed by atoms with van der Waals surface area (Å²) in [6.45, 7) is 2.17. The van der Waals surface area contributed by atoms with Gasteiger partial charge in [0, 0.05) is 25.1 Å². The fourth-order valence-corrected chi connectivity index (χ4v) is 5.36. The van der Waals surface area contributed by atoms with Gasteiger partial charge in [0.15, 0.2) is 0 Å². The van der Waals surface area contributed by atoms with Gasteiger partial charge in [-0.1, -0.05) is 13.0 Å². The molecule has 0 bridgehead atoms. The number of carbonyl (C=O) groups is 1. The highest BCUT2D eigenvalue weighted by atomic mass is 32.2. The summed E-state index contributed by atoms with van der Waals surface area (Å²) in [5, 5.41) is 3.65. The summed E-state index contributed by atoms with van der Waals surface area (Å²) in [6, 6.07) is 7.85. The number of ether oxygens (including phenoxy) is 1. The van der Waals surface area contributed by atoms with Crippen molar-refractivity contribution in [2.75, 3.05) is 24.2 Å². The van der Waals surface area contributed by atoms with Crippen molar-refractivity contribution in [3.05, 3.63) is 42.6 Å². The van der Waals surface area contributed by atoms with E-state index in [4.69, 9.17) is 0 Å². The van der Waals surface area contributed by atoms with E-state index in [1.807, 2.05) is 13.0 Å². The Morgan fingerprint density at radius 3 is 2.56 bits per heavy atom. The van der Waals surface area contributed by atoms with Crippen molar-refractivity contribution in [1.82, 2.24) is 9.29 Å². The van der Waals surface area contributed by atoms with E-state index in [0.29, 0.717) is 18.5 Å². The predicted molar refractivity (Wildman–Crippen MR) is 114 cm³/mol. The van der Waals surface area contributed by atoms with E-state index in [1.165, 1.54) is 16.4 Å². The maximum Gasteiger partial charge on any atom is 0.573 e. The first-order valence-electron chi connectivity index (χ1n) is 9.84. The van der Waals surface area contributed by atoms with Gasteiger partial charge in [0.2, 0.25) is 15.9 Å². The molecule has 1 aliphatic rings. The van der Waals surface area contributed by atoms with Gasteiger partial charge < -0.3 is 10.1 Å². The molecule has 0 aliphatic carbocycles.